The van der Waals surface area contributed by atoms with E-state index >= 15 is 0 Å². The van der Waals surface area contributed by atoms with Gasteiger partial charge in [-0.2, -0.15) is 0 Å². The molecule has 0 bridgehead atoms. The van der Waals surface area contributed by atoms with Crippen LogP contribution in [0.25, 0.3) is 6.08 Å². The first-order chi connectivity index (χ1) is 17.2. The molecule has 1 aliphatic rings. The number of halogens is 1. The lowest BCUT2D eigenvalue weighted by atomic mass is 9.96. The van der Waals surface area contributed by atoms with Gasteiger partial charge >= 0.3 is 5.97 Å². The molecule has 1 aromatic heterocycles. The van der Waals surface area contributed by atoms with E-state index in [-0.39, 0.29) is 18.3 Å². The van der Waals surface area contributed by atoms with E-state index in [1.54, 1.807) is 25.5 Å². The summed E-state index contributed by atoms with van der Waals surface area (Å²) in [5.41, 5.74) is 2.25. The monoisotopic (exact) mass is 570 g/mol. The van der Waals surface area contributed by atoms with E-state index < -0.39 is 12.0 Å². The Bertz CT molecular complexity index is 1500. The highest BCUT2D eigenvalue weighted by molar-refractivity contribution is 9.10. The van der Waals surface area contributed by atoms with Gasteiger partial charge in [0.25, 0.3) is 5.56 Å². The van der Waals surface area contributed by atoms with E-state index in [1.807, 2.05) is 62.4 Å². The number of fused-ring (bicyclic) bond motifs is 1. The van der Waals surface area contributed by atoms with Gasteiger partial charge in [0.05, 0.1) is 46.1 Å². The Morgan fingerprint density at radius 1 is 1.22 bits per heavy atom. The molecular formula is C27H27BrN2O5S. The number of allylic oxidation sites excluding steroid dienone is 1. The second kappa shape index (κ2) is 10.8. The Kier molecular flexibility index (Phi) is 7.80. The van der Waals surface area contributed by atoms with Crippen LogP contribution >= 0.6 is 27.3 Å². The third-order valence-electron chi connectivity index (χ3n) is 5.56. The van der Waals surface area contributed by atoms with E-state index in [1.165, 1.54) is 11.3 Å². The average Bonchev–Trinajstić information content (AvgIpc) is 3.13. The summed E-state index contributed by atoms with van der Waals surface area (Å²) < 4.78 is 19.3. The van der Waals surface area contributed by atoms with Crippen LogP contribution in [0.5, 0.6) is 11.5 Å². The molecule has 0 fully saturated rings. The molecule has 188 valence electrons. The Labute approximate surface area is 221 Å². The van der Waals surface area contributed by atoms with Gasteiger partial charge in [0.15, 0.2) is 4.80 Å². The van der Waals surface area contributed by atoms with Gasteiger partial charge in [-0.15, -0.1) is 0 Å². The van der Waals surface area contributed by atoms with Crippen molar-refractivity contribution < 1.29 is 19.0 Å². The molecule has 4 rings (SSSR count). The highest BCUT2D eigenvalue weighted by atomic mass is 79.9. The minimum absolute atomic E-state index is 0.0312. The number of carbonyl (C=O) groups is 1. The van der Waals surface area contributed by atoms with Crippen LogP contribution in [0.15, 0.2) is 68.0 Å². The van der Waals surface area contributed by atoms with Crippen molar-refractivity contribution in [1.29, 1.82) is 0 Å². The molecule has 0 saturated carbocycles. The van der Waals surface area contributed by atoms with Crippen molar-refractivity contribution in [2.24, 2.45) is 4.99 Å². The second-order valence-corrected chi connectivity index (χ2v) is 10.3. The minimum atomic E-state index is -0.668. The van der Waals surface area contributed by atoms with Crippen LogP contribution in [-0.2, 0) is 9.53 Å². The van der Waals surface area contributed by atoms with Crippen molar-refractivity contribution in [3.63, 3.8) is 0 Å². The zero-order valence-corrected chi connectivity index (χ0v) is 23.1. The summed E-state index contributed by atoms with van der Waals surface area (Å²) in [6, 6.07) is 12.4. The summed E-state index contributed by atoms with van der Waals surface area (Å²) >= 11 is 4.78. The Balaban J connectivity index is 1.88. The van der Waals surface area contributed by atoms with Gasteiger partial charge in [-0.25, -0.2) is 9.79 Å². The third-order valence-corrected chi connectivity index (χ3v) is 7.16. The summed E-state index contributed by atoms with van der Waals surface area (Å²) in [5, 5.41) is 0. The molecule has 0 unspecified atom stereocenters. The number of nitrogens with zero attached hydrogens (tertiary/aromatic N) is 2. The first-order valence-corrected chi connectivity index (χ1v) is 13.1. The van der Waals surface area contributed by atoms with Crippen molar-refractivity contribution in [2.45, 2.75) is 39.8 Å². The van der Waals surface area contributed by atoms with Crippen LogP contribution in [0.3, 0.4) is 0 Å². The molecule has 0 saturated heterocycles. The number of hydrogen-bond acceptors (Lipinski definition) is 7. The largest absolute Gasteiger partial charge is 0.496 e. The Morgan fingerprint density at radius 3 is 2.56 bits per heavy atom. The van der Waals surface area contributed by atoms with E-state index in [2.05, 4.69) is 20.9 Å². The molecule has 7 nitrogen and oxygen atoms in total. The smallest absolute Gasteiger partial charge is 0.338 e. The van der Waals surface area contributed by atoms with E-state index in [4.69, 9.17) is 14.2 Å². The molecule has 3 aromatic rings. The summed E-state index contributed by atoms with van der Waals surface area (Å²) in [6.45, 7) is 7.66. The average molecular weight is 571 g/mol. The van der Waals surface area contributed by atoms with Crippen molar-refractivity contribution in [2.75, 3.05) is 13.7 Å². The molecule has 0 aliphatic carbocycles. The second-order valence-electron chi connectivity index (χ2n) is 8.43. The van der Waals surface area contributed by atoms with Crippen molar-refractivity contribution in [1.82, 2.24) is 4.57 Å². The Hall–Kier alpha value is -3.17. The molecule has 2 heterocycles. The quantitative estimate of drug-likeness (QED) is 0.394. The number of rotatable bonds is 7. The molecule has 1 atom stereocenters. The predicted octanol–water partition coefficient (Wildman–Crippen LogP) is 4.36. The maximum atomic E-state index is 13.7. The van der Waals surface area contributed by atoms with Crippen LogP contribution in [0.2, 0.25) is 0 Å². The summed E-state index contributed by atoms with van der Waals surface area (Å²) in [4.78, 5) is 31.9. The molecule has 0 N–H and O–H groups in total. The lowest BCUT2D eigenvalue weighted by molar-refractivity contribution is -0.139. The van der Waals surface area contributed by atoms with Crippen molar-refractivity contribution in [3.05, 3.63) is 89.0 Å². The van der Waals surface area contributed by atoms with Crippen LogP contribution in [0.4, 0.5) is 0 Å². The number of ether oxygens (including phenoxy) is 3. The van der Waals surface area contributed by atoms with Crippen molar-refractivity contribution >= 4 is 39.3 Å². The molecular weight excluding hydrogens is 544 g/mol. The fourth-order valence-corrected chi connectivity index (χ4v) is 5.64. The SMILES string of the molecule is CCOC(=O)C1=C(C)N=c2s/c(=C\c3ccc(OC)c(Br)c3)c(=O)n2[C@H]1c1ccc(OC(C)C)cc1. The summed E-state index contributed by atoms with van der Waals surface area (Å²) in [7, 11) is 1.60. The molecule has 2 aromatic carbocycles. The van der Waals surface area contributed by atoms with Crippen LogP contribution in [-0.4, -0.2) is 30.4 Å². The highest BCUT2D eigenvalue weighted by Gasteiger charge is 2.33. The number of carbonyl (C=O) groups excluding carboxylic acids is 1. The van der Waals surface area contributed by atoms with Crippen molar-refractivity contribution in [3.8, 4) is 11.5 Å². The molecule has 9 heteroatoms. The lowest BCUT2D eigenvalue weighted by Crippen LogP contribution is -2.39. The predicted molar refractivity (Wildman–Crippen MR) is 143 cm³/mol. The number of thiazole rings is 1. The minimum Gasteiger partial charge on any atom is -0.496 e. The van der Waals surface area contributed by atoms with E-state index in [0.29, 0.717) is 32.1 Å². The number of aromatic nitrogens is 1. The van der Waals surface area contributed by atoms with Gasteiger partial charge in [-0.1, -0.05) is 29.5 Å². The zero-order chi connectivity index (χ0) is 26.0. The molecule has 36 heavy (non-hydrogen) atoms. The topological polar surface area (TPSA) is 79.1 Å². The van der Waals surface area contributed by atoms with Crippen LogP contribution < -0.4 is 24.4 Å². The first-order valence-electron chi connectivity index (χ1n) is 11.5. The first kappa shape index (κ1) is 25.9. The number of esters is 1. The van der Waals surface area contributed by atoms with Gasteiger partial charge in [0.2, 0.25) is 0 Å². The fraction of sp³-hybridized carbons (Fsp3) is 0.296. The maximum absolute atomic E-state index is 13.7. The van der Waals surface area contributed by atoms with Gasteiger partial charge in [-0.3, -0.25) is 9.36 Å². The lowest BCUT2D eigenvalue weighted by Gasteiger charge is -2.25. The molecule has 0 spiro atoms. The van der Waals surface area contributed by atoms with E-state index in [0.717, 1.165) is 15.6 Å². The van der Waals surface area contributed by atoms with Gasteiger partial charge in [0.1, 0.15) is 11.5 Å². The van der Waals surface area contributed by atoms with Gasteiger partial charge in [0, 0.05) is 0 Å². The van der Waals surface area contributed by atoms with Crippen LogP contribution in [0, 0.1) is 0 Å². The van der Waals surface area contributed by atoms with Gasteiger partial charge < -0.3 is 14.2 Å². The van der Waals surface area contributed by atoms with E-state index in [9.17, 15) is 9.59 Å². The Morgan fingerprint density at radius 2 is 1.94 bits per heavy atom. The number of benzene rings is 2. The van der Waals surface area contributed by atoms with Crippen LogP contribution in [0.1, 0.15) is 44.9 Å². The fourth-order valence-electron chi connectivity index (χ4n) is 4.03. The zero-order valence-electron chi connectivity index (χ0n) is 20.7. The third kappa shape index (κ3) is 5.17. The number of methoxy groups -OCH3 is 1. The highest BCUT2D eigenvalue weighted by Crippen LogP contribution is 2.32. The maximum Gasteiger partial charge on any atom is 0.338 e. The summed E-state index contributed by atoms with van der Waals surface area (Å²) in [6.07, 6.45) is 1.84. The normalized spacial score (nSPS) is 15.5. The molecule has 1 aliphatic heterocycles. The standard InChI is InChI=1S/C27H27BrN2O5S/c1-6-34-26(32)23-16(4)29-27-30(24(23)18-8-10-19(11-9-18)35-15(2)3)25(31)22(36-27)14-17-7-12-21(33-5)20(28)13-17/h7-15,24H,6H2,1-5H3/b22-14-/t24-/m0/s1. The molecule has 0 radical (unpaired) electrons. The molecule has 0 amide bonds. The number of hydrogen-bond donors (Lipinski definition) is 0. The summed E-state index contributed by atoms with van der Waals surface area (Å²) in [5.74, 6) is 0.928. The van der Waals surface area contributed by atoms with Gasteiger partial charge in [-0.05, 0) is 85.1 Å².